The Balaban J connectivity index is 2.11. The fourth-order valence-corrected chi connectivity index (χ4v) is 1.53. The number of aromatic nitrogens is 2. The molecule has 0 fully saturated rings. The Hall–Kier alpha value is -2.08. The summed E-state index contributed by atoms with van der Waals surface area (Å²) in [6.45, 7) is 0.663. The Bertz CT molecular complexity index is 525. The lowest BCUT2D eigenvalue weighted by molar-refractivity contribution is 0.194. The van der Waals surface area contributed by atoms with Gasteiger partial charge in [-0.05, 0) is 24.6 Å². The average molecular weight is 249 g/mol. The number of hydrogen-bond acceptors (Lipinski definition) is 6. The molecular formula is C12H15N3O3. The number of rotatable bonds is 5. The average Bonchev–Trinajstić information content (AvgIpc) is 2.82. The second kappa shape index (κ2) is 5.50. The minimum atomic E-state index is 0.0404. The van der Waals surface area contributed by atoms with Crippen molar-refractivity contribution in [2.24, 2.45) is 0 Å². The first-order valence-corrected chi connectivity index (χ1v) is 5.61. The second-order valence-corrected chi connectivity index (χ2v) is 3.89. The van der Waals surface area contributed by atoms with E-state index in [0.29, 0.717) is 30.3 Å². The maximum atomic E-state index is 9.33. The van der Waals surface area contributed by atoms with Gasteiger partial charge in [0.25, 0.3) is 5.89 Å². The van der Waals surface area contributed by atoms with Gasteiger partial charge in [-0.1, -0.05) is 5.16 Å². The minimum Gasteiger partial charge on any atom is -0.506 e. The highest BCUT2D eigenvalue weighted by molar-refractivity contribution is 5.64. The number of ether oxygens (including phenoxy) is 1. The number of phenolic OH excluding ortho intramolecular Hbond substituents is 1. The van der Waals surface area contributed by atoms with Crippen molar-refractivity contribution in [3.8, 4) is 17.2 Å². The molecule has 18 heavy (non-hydrogen) atoms. The van der Waals surface area contributed by atoms with Gasteiger partial charge in [0.15, 0.2) is 5.82 Å². The zero-order chi connectivity index (χ0) is 13.0. The van der Waals surface area contributed by atoms with Gasteiger partial charge in [-0.2, -0.15) is 4.98 Å². The Kier molecular flexibility index (Phi) is 3.78. The molecule has 0 aliphatic rings. The number of hydrogen-bond donors (Lipinski definition) is 2. The van der Waals surface area contributed by atoms with Crippen LogP contribution in [0.25, 0.3) is 11.5 Å². The molecule has 1 aromatic heterocycles. The second-order valence-electron chi connectivity index (χ2n) is 3.89. The summed E-state index contributed by atoms with van der Waals surface area (Å²) in [4.78, 5) is 4.25. The van der Waals surface area contributed by atoms with Crippen molar-refractivity contribution in [2.45, 2.75) is 12.8 Å². The van der Waals surface area contributed by atoms with Gasteiger partial charge in [0, 0.05) is 25.7 Å². The van der Waals surface area contributed by atoms with Crippen LogP contribution >= 0.6 is 0 Å². The van der Waals surface area contributed by atoms with Crippen molar-refractivity contribution in [1.29, 1.82) is 0 Å². The summed E-state index contributed by atoms with van der Waals surface area (Å²) in [6, 6.07) is 4.78. The first-order chi connectivity index (χ1) is 8.70. The lowest BCUT2D eigenvalue weighted by atomic mass is 10.2. The number of phenols is 1. The Labute approximate surface area is 104 Å². The minimum absolute atomic E-state index is 0.0404. The largest absolute Gasteiger partial charge is 0.506 e. The number of nitrogens with two attached hydrogens (primary N) is 1. The predicted octanol–water partition coefficient (Wildman–Crippen LogP) is 1.60. The van der Waals surface area contributed by atoms with Gasteiger partial charge in [0.2, 0.25) is 0 Å². The van der Waals surface area contributed by atoms with Crippen LogP contribution in [0.3, 0.4) is 0 Å². The van der Waals surface area contributed by atoms with Gasteiger partial charge >= 0.3 is 0 Å². The van der Waals surface area contributed by atoms with E-state index in [-0.39, 0.29) is 11.4 Å². The van der Waals surface area contributed by atoms with Crippen LogP contribution in [0, 0.1) is 0 Å². The van der Waals surface area contributed by atoms with Crippen molar-refractivity contribution >= 4 is 5.69 Å². The van der Waals surface area contributed by atoms with Gasteiger partial charge in [-0.3, -0.25) is 0 Å². The lowest BCUT2D eigenvalue weighted by Crippen LogP contribution is -1.94. The number of anilines is 1. The van der Waals surface area contributed by atoms with Crippen LogP contribution in [0.15, 0.2) is 22.7 Å². The zero-order valence-electron chi connectivity index (χ0n) is 10.1. The molecule has 0 unspecified atom stereocenters. The van der Waals surface area contributed by atoms with Crippen LogP contribution in [-0.4, -0.2) is 29.0 Å². The summed E-state index contributed by atoms with van der Waals surface area (Å²) < 4.78 is 10.1. The van der Waals surface area contributed by atoms with E-state index < -0.39 is 0 Å². The zero-order valence-corrected chi connectivity index (χ0v) is 10.1. The third-order valence-corrected chi connectivity index (χ3v) is 2.49. The third kappa shape index (κ3) is 2.78. The van der Waals surface area contributed by atoms with Gasteiger partial charge in [-0.15, -0.1) is 0 Å². The van der Waals surface area contributed by atoms with E-state index in [2.05, 4.69) is 10.1 Å². The Morgan fingerprint density at radius 1 is 1.44 bits per heavy atom. The molecular weight excluding hydrogens is 234 g/mol. The number of nitrogen functional groups attached to an aromatic ring is 1. The van der Waals surface area contributed by atoms with E-state index >= 15 is 0 Å². The number of nitrogens with zero attached hydrogens (tertiary/aromatic N) is 2. The first kappa shape index (κ1) is 12.4. The first-order valence-electron chi connectivity index (χ1n) is 5.61. The monoisotopic (exact) mass is 249 g/mol. The summed E-state index contributed by atoms with van der Waals surface area (Å²) in [5.41, 5.74) is 6.58. The van der Waals surface area contributed by atoms with Gasteiger partial charge in [0.1, 0.15) is 5.75 Å². The molecule has 0 bridgehead atoms. The van der Waals surface area contributed by atoms with Crippen molar-refractivity contribution in [3.63, 3.8) is 0 Å². The fraction of sp³-hybridized carbons (Fsp3) is 0.333. The van der Waals surface area contributed by atoms with Crippen LogP contribution in [0.4, 0.5) is 5.69 Å². The Morgan fingerprint density at radius 3 is 3.00 bits per heavy atom. The van der Waals surface area contributed by atoms with Crippen LogP contribution in [0.1, 0.15) is 12.2 Å². The number of methoxy groups -OCH3 is 1. The highest BCUT2D eigenvalue weighted by atomic mass is 16.5. The maximum Gasteiger partial charge on any atom is 0.257 e. The number of benzene rings is 1. The SMILES string of the molecule is COCCCc1noc(-c2ccc(O)c(N)c2)n1. The van der Waals surface area contributed by atoms with Crippen molar-refractivity contribution in [1.82, 2.24) is 10.1 Å². The Morgan fingerprint density at radius 2 is 2.28 bits per heavy atom. The maximum absolute atomic E-state index is 9.33. The highest BCUT2D eigenvalue weighted by Crippen LogP contribution is 2.26. The molecule has 96 valence electrons. The molecule has 3 N–H and O–H groups in total. The quantitative estimate of drug-likeness (QED) is 0.475. The van der Waals surface area contributed by atoms with Crippen molar-refractivity contribution in [2.75, 3.05) is 19.5 Å². The lowest BCUT2D eigenvalue weighted by Gasteiger charge is -1.99. The van der Waals surface area contributed by atoms with E-state index in [9.17, 15) is 5.11 Å². The molecule has 0 amide bonds. The van der Waals surface area contributed by atoms with Crippen LogP contribution in [0.5, 0.6) is 5.75 Å². The van der Waals surface area contributed by atoms with Crippen LogP contribution in [0.2, 0.25) is 0 Å². The van der Waals surface area contributed by atoms with Gasteiger partial charge in [0.05, 0.1) is 5.69 Å². The normalized spacial score (nSPS) is 10.7. The molecule has 0 radical (unpaired) electrons. The molecule has 1 aromatic carbocycles. The van der Waals surface area contributed by atoms with E-state index in [1.807, 2.05) is 0 Å². The van der Waals surface area contributed by atoms with Gasteiger partial charge < -0.3 is 20.1 Å². The van der Waals surface area contributed by atoms with Crippen molar-refractivity contribution in [3.05, 3.63) is 24.0 Å². The molecule has 6 heteroatoms. The molecule has 0 saturated carbocycles. The molecule has 6 nitrogen and oxygen atoms in total. The number of aromatic hydroxyl groups is 1. The van der Waals surface area contributed by atoms with Crippen molar-refractivity contribution < 1.29 is 14.4 Å². The summed E-state index contributed by atoms with van der Waals surface area (Å²) in [5, 5.41) is 13.2. The van der Waals surface area contributed by atoms with E-state index in [0.717, 1.165) is 6.42 Å². The van der Waals surface area contributed by atoms with Crippen LogP contribution < -0.4 is 5.73 Å². The summed E-state index contributed by atoms with van der Waals surface area (Å²) in [7, 11) is 1.65. The summed E-state index contributed by atoms with van der Waals surface area (Å²) >= 11 is 0. The third-order valence-electron chi connectivity index (χ3n) is 2.49. The van der Waals surface area contributed by atoms with E-state index in [4.69, 9.17) is 15.0 Å². The molecule has 2 aromatic rings. The van der Waals surface area contributed by atoms with E-state index in [1.165, 1.54) is 6.07 Å². The smallest absolute Gasteiger partial charge is 0.257 e. The number of aryl methyl sites for hydroxylation is 1. The molecule has 0 saturated heterocycles. The topological polar surface area (TPSA) is 94.4 Å². The molecule has 0 atom stereocenters. The predicted molar refractivity (Wildman–Crippen MR) is 66.0 cm³/mol. The summed E-state index contributed by atoms with van der Waals surface area (Å²) in [6.07, 6.45) is 1.54. The highest BCUT2D eigenvalue weighted by Gasteiger charge is 2.10. The molecule has 1 heterocycles. The fourth-order valence-electron chi connectivity index (χ4n) is 1.53. The molecule has 2 rings (SSSR count). The summed E-state index contributed by atoms with van der Waals surface area (Å²) in [5.74, 6) is 1.07. The molecule has 0 spiro atoms. The van der Waals surface area contributed by atoms with Crippen LogP contribution in [-0.2, 0) is 11.2 Å². The van der Waals surface area contributed by atoms with E-state index in [1.54, 1.807) is 19.2 Å². The van der Waals surface area contributed by atoms with Gasteiger partial charge in [-0.25, -0.2) is 0 Å². The molecule has 0 aliphatic carbocycles. The standard InChI is InChI=1S/C12H15N3O3/c1-17-6-2-3-11-14-12(18-15-11)8-4-5-10(16)9(13)7-8/h4-5,7,16H,2-3,6,13H2,1H3. The molecule has 0 aliphatic heterocycles.